The molecule has 28 heavy (non-hydrogen) atoms. The third-order valence-electron chi connectivity index (χ3n) is 5.05. The number of aliphatic hydroxyl groups is 1. The van der Waals surface area contributed by atoms with Crippen molar-refractivity contribution in [2.45, 2.75) is 25.0 Å². The first-order chi connectivity index (χ1) is 13.7. The zero-order valence-electron chi connectivity index (χ0n) is 15.7. The summed E-state index contributed by atoms with van der Waals surface area (Å²) >= 11 is 0. The van der Waals surface area contributed by atoms with Gasteiger partial charge in [0, 0.05) is 11.7 Å². The Balaban J connectivity index is 1.42. The van der Waals surface area contributed by atoms with Crippen molar-refractivity contribution in [1.82, 2.24) is 4.90 Å². The van der Waals surface area contributed by atoms with Crippen LogP contribution in [-0.4, -0.2) is 28.6 Å². The third-order valence-corrected chi connectivity index (χ3v) is 5.05. The van der Waals surface area contributed by atoms with E-state index in [0.29, 0.717) is 6.54 Å². The van der Waals surface area contributed by atoms with E-state index in [2.05, 4.69) is 17.4 Å². The fourth-order valence-electron chi connectivity index (χ4n) is 3.32. The minimum Gasteiger partial charge on any atom is -0.387 e. The highest BCUT2D eigenvalue weighted by atomic mass is 16.3. The molecule has 0 aliphatic heterocycles. The molecule has 0 aromatic heterocycles. The van der Waals surface area contributed by atoms with E-state index in [9.17, 15) is 9.90 Å². The summed E-state index contributed by atoms with van der Waals surface area (Å²) in [5.74, 6) is 0. The lowest BCUT2D eigenvalue weighted by Gasteiger charge is -2.25. The molecular weight excluding hydrogens is 348 g/mol. The second-order valence-electron chi connectivity index (χ2n) is 7.18. The number of nitrogens with zero attached hydrogens (tertiary/aromatic N) is 1. The number of carbonyl (C=O) groups excluding carboxylic acids is 1. The number of anilines is 1. The average molecular weight is 372 g/mol. The Morgan fingerprint density at radius 2 is 1.46 bits per heavy atom. The van der Waals surface area contributed by atoms with Crippen molar-refractivity contribution in [3.8, 4) is 11.1 Å². The molecule has 0 saturated heterocycles. The Bertz CT molecular complexity index is 906. The minimum absolute atomic E-state index is 0.162. The highest BCUT2D eigenvalue weighted by molar-refractivity contribution is 5.90. The van der Waals surface area contributed by atoms with Crippen LogP contribution in [0.1, 0.15) is 24.5 Å². The van der Waals surface area contributed by atoms with Crippen molar-refractivity contribution in [2.75, 3.05) is 11.9 Å². The number of benzene rings is 3. The van der Waals surface area contributed by atoms with Gasteiger partial charge in [0.1, 0.15) is 0 Å². The fourth-order valence-corrected chi connectivity index (χ4v) is 3.32. The first kappa shape index (κ1) is 18.3. The maximum atomic E-state index is 12.8. The van der Waals surface area contributed by atoms with Gasteiger partial charge in [-0.25, -0.2) is 4.79 Å². The summed E-state index contributed by atoms with van der Waals surface area (Å²) in [6.07, 6.45) is 1.29. The zero-order chi connectivity index (χ0) is 19.3. The lowest BCUT2D eigenvalue weighted by atomic mass is 10.1. The molecule has 3 aromatic rings. The van der Waals surface area contributed by atoms with Crippen molar-refractivity contribution in [2.24, 2.45) is 0 Å². The van der Waals surface area contributed by atoms with E-state index in [-0.39, 0.29) is 12.1 Å². The molecule has 1 atom stereocenters. The number of amides is 2. The van der Waals surface area contributed by atoms with Crippen LogP contribution in [-0.2, 0) is 0 Å². The summed E-state index contributed by atoms with van der Waals surface area (Å²) in [7, 11) is 0. The second kappa shape index (κ2) is 8.28. The van der Waals surface area contributed by atoms with E-state index in [4.69, 9.17) is 0 Å². The molecule has 1 saturated carbocycles. The van der Waals surface area contributed by atoms with Gasteiger partial charge < -0.3 is 15.3 Å². The topological polar surface area (TPSA) is 52.6 Å². The van der Waals surface area contributed by atoms with Gasteiger partial charge in [0.15, 0.2) is 0 Å². The quantitative estimate of drug-likeness (QED) is 0.634. The molecule has 0 radical (unpaired) electrons. The second-order valence-corrected chi connectivity index (χ2v) is 7.18. The lowest BCUT2D eigenvalue weighted by Crippen LogP contribution is -2.39. The molecular formula is C24H24N2O2. The first-order valence-electron chi connectivity index (χ1n) is 9.67. The molecule has 2 N–H and O–H groups in total. The van der Waals surface area contributed by atoms with Crippen LogP contribution < -0.4 is 5.32 Å². The Labute approximate surface area is 165 Å². The molecule has 4 heteroatoms. The van der Waals surface area contributed by atoms with Gasteiger partial charge >= 0.3 is 6.03 Å². The zero-order valence-corrected chi connectivity index (χ0v) is 15.7. The SMILES string of the molecule is O=C(Nc1ccc(-c2ccccc2)cc1)N(C[C@H](O)c1ccccc1)C1CC1. The van der Waals surface area contributed by atoms with E-state index >= 15 is 0 Å². The maximum Gasteiger partial charge on any atom is 0.322 e. The lowest BCUT2D eigenvalue weighted by molar-refractivity contribution is 0.123. The predicted octanol–water partition coefficient (Wildman–Crippen LogP) is 5.08. The van der Waals surface area contributed by atoms with Crippen LogP contribution >= 0.6 is 0 Å². The molecule has 4 nitrogen and oxygen atoms in total. The molecule has 3 aromatic carbocycles. The predicted molar refractivity (Wildman–Crippen MR) is 112 cm³/mol. The summed E-state index contributed by atoms with van der Waals surface area (Å²) < 4.78 is 0. The smallest absolute Gasteiger partial charge is 0.322 e. The molecule has 0 bridgehead atoms. The molecule has 142 valence electrons. The Kier molecular flexibility index (Phi) is 5.40. The van der Waals surface area contributed by atoms with Crippen molar-refractivity contribution >= 4 is 11.7 Å². The number of aliphatic hydroxyl groups excluding tert-OH is 1. The molecule has 0 spiro atoms. The summed E-state index contributed by atoms with van der Waals surface area (Å²) in [5.41, 5.74) is 3.83. The maximum absolute atomic E-state index is 12.8. The number of carbonyl (C=O) groups is 1. The molecule has 1 aliphatic carbocycles. The molecule has 4 rings (SSSR count). The van der Waals surface area contributed by atoms with E-state index < -0.39 is 6.10 Å². The highest BCUT2D eigenvalue weighted by Crippen LogP contribution is 2.30. The standard InChI is InChI=1S/C24H24N2O2/c27-23(20-9-5-2-6-10-20)17-26(22-15-16-22)24(28)25-21-13-11-19(12-14-21)18-7-3-1-4-8-18/h1-14,22-23,27H,15-17H2,(H,25,28)/t23-/m0/s1. The van der Waals surface area contributed by atoms with Crippen LogP contribution in [0.4, 0.5) is 10.5 Å². The largest absolute Gasteiger partial charge is 0.387 e. The van der Waals surface area contributed by atoms with Gasteiger partial charge in [-0.3, -0.25) is 0 Å². The van der Waals surface area contributed by atoms with Crippen molar-refractivity contribution in [3.63, 3.8) is 0 Å². The average Bonchev–Trinajstić information content (AvgIpc) is 3.59. The van der Waals surface area contributed by atoms with Crippen molar-refractivity contribution in [3.05, 3.63) is 90.5 Å². The van der Waals surface area contributed by atoms with E-state index in [1.165, 1.54) is 0 Å². The van der Waals surface area contributed by atoms with Crippen LogP contribution in [0.2, 0.25) is 0 Å². The molecule has 1 aliphatic rings. The third kappa shape index (κ3) is 4.41. The Morgan fingerprint density at radius 3 is 2.07 bits per heavy atom. The van der Waals surface area contributed by atoms with Gasteiger partial charge in [-0.2, -0.15) is 0 Å². The van der Waals surface area contributed by atoms with Crippen LogP contribution in [0.25, 0.3) is 11.1 Å². The molecule has 0 heterocycles. The van der Waals surface area contributed by atoms with Crippen molar-refractivity contribution < 1.29 is 9.90 Å². The summed E-state index contributed by atoms with van der Waals surface area (Å²) in [5, 5.41) is 13.5. The van der Waals surface area contributed by atoms with Crippen LogP contribution in [0.3, 0.4) is 0 Å². The number of hydrogen-bond donors (Lipinski definition) is 2. The minimum atomic E-state index is -0.687. The van der Waals surface area contributed by atoms with Gasteiger partial charge in [0.05, 0.1) is 12.6 Å². The Hall–Kier alpha value is -3.11. The van der Waals surface area contributed by atoms with E-state index in [0.717, 1.165) is 35.2 Å². The monoisotopic (exact) mass is 372 g/mol. The van der Waals surface area contributed by atoms with Crippen LogP contribution in [0.15, 0.2) is 84.9 Å². The Morgan fingerprint density at radius 1 is 0.893 bits per heavy atom. The van der Waals surface area contributed by atoms with Crippen molar-refractivity contribution in [1.29, 1.82) is 0 Å². The number of urea groups is 1. The highest BCUT2D eigenvalue weighted by Gasteiger charge is 2.34. The van der Waals surface area contributed by atoms with Crippen LogP contribution in [0.5, 0.6) is 0 Å². The van der Waals surface area contributed by atoms with Gasteiger partial charge in [-0.1, -0.05) is 72.8 Å². The van der Waals surface area contributed by atoms with Crippen LogP contribution in [0, 0.1) is 0 Å². The summed E-state index contributed by atoms with van der Waals surface area (Å²) in [6.45, 7) is 0.294. The number of hydrogen-bond acceptors (Lipinski definition) is 2. The summed E-state index contributed by atoms with van der Waals surface area (Å²) in [4.78, 5) is 14.6. The van der Waals surface area contributed by atoms with Gasteiger partial charge in [0.2, 0.25) is 0 Å². The number of rotatable bonds is 6. The van der Waals surface area contributed by atoms with E-state index in [1.54, 1.807) is 4.90 Å². The van der Waals surface area contributed by atoms with Gasteiger partial charge in [-0.15, -0.1) is 0 Å². The molecule has 1 fully saturated rings. The van der Waals surface area contributed by atoms with E-state index in [1.807, 2.05) is 72.8 Å². The molecule has 2 amide bonds. The normalized spacial score (nSPS) is 14.3. The molecule has 0 unspecified atom stereocenters. The fraction of sp³-hybridized carbons (Fsp3) is 0.208. The summed E-state index contributed by atoms with van der Waals surface area (Å²) in [6, 6.07) is 27.5. The first-order valence-corrected chi connectivity index (χ1v) is 9.67. The number of nitrogens with one attached hydrogen (secondary N) is 1. The van der Waals surface area contributed by atoms with Gasteiger partial charge in [-0.05, 0) is 41.7 Å². The van der Waals surface area contributed by atoms with Gasteiger partial charge in [0.25, 0.3) is 0 Å².